The molecule has 2 aromatic rings. The first-order valence-corrected chi connectivity index (χ1v) is 8.36. The van der Waals surface area contributed by atoms with Gasteiger partial charge in [-0.15, -0.1) is 11.3 Å². The van der Waals surface area contributed by atoms with Crippen LogP contribution in [0.3, 0.4) is 0 Å². The summed E-state index contributed by atoms with van der Waals surface area (Å²) in [5.41, 5.74) is 0.866. The van der Waals surface area contributed by atoms with Crippen LogP contribution in [0.4, 0.5) is 0 Å². The largest absolute Gasteiger partial charge is 0.276 e. The molecule has 18 heavy (non-hydrogen) atoms. The van der Waals surface area contributed by atoms with E-state index in [0.29, 0.717) is 21.6 Å². The number of aryl methyl sites for hydroxylation is 1. The van der Waals surface area contributed by atoms with E-state index in [1.54, 1.807) is 16.1 Å². The fraction of sp³-hybridized carbons (Fsp3) is 0.300. The quantitative estimate of drug-likeness (QED) is 0.894. The summed E-state index contributed by atoms with van der Waals surface area (Å²) < 4.78 is 29.1. The summed E-state index contributed by atoms with van der Waals surface area (Å²) >= 11 is 4.41. The van der Waals surface area contributed by atoms with Gasteiger partial charge in [0.05, 0.1) is 5.69 Å². The number of hydrogen-bond donors (Lipinski definition) is 1. The molecule has 0 saturated carbocycles. The third-order valence-corrected chi connectivity index (χ3v) is 6.40. The number of sulfonamides is 1. The average molecular weight is 350 g/mol. The van der Waals surface area contributed by atoms with Crippen molar-refractivity contribution in [1.29, 1.82) is 0 Å². The highest BCUT2D eigenvalue weighted by atomic mass is 79.9. The first kappa shape index (κ1) is 13.7. The number of aromatic nitrogens is 2. The van der Waals surface area contributed by atoms with Crippen LogP contribution in [-0.2, 0) is 23.5 Å². The van der Waals surface area contributed by atoms with Crippen molar-refractivity contribution in [2.24, 2.45) is 7.05 Å². The molecule has 5 nitrogen and oxygen atoms in total. The SMILES string of the molecule is Cn1ccc(CCNS(=O)(=O)c2sccc2Br)n1. The molecule has 0 aromatic carbocycles. The maximum Gasteiger partial charge on any atom is 0.251 e. The van der Waals surface area contributed by atoms with Crippen LogP contribution in [0.15, 0.2) is 32.4 Å². The van der Waals surface area contributed by atoms with Gasteiger partial charge in [0.25, 0.3) is 10.0 Å². The van der Waals surface area contributed by atoms with Gasteiger partial charge in [0.1, 0.15) is 4.21 Å². The fourth-order valence-corrected chi connectivity index (χ4v) is 4.86. The van der Waals surface area contributed by atoms with Crippen LogP contribution in [0.2, 0.25) is 0 Å². The second kappa shape index (κ2) is 5.52. The Hall–Kier alpha value is -0.700. The summed E-state index contributed by atoms with van der Waals surface area (Å²) in [6.45, 7) is 0.337. The van der Waals surface area contributed by atoms with Gasteiger partial charge in [0.15, 0.2) is 0 Å². The second-order valence-corrected chi connectivity index (χ2v) is 7.42. The van der Waals surface area contributed by atoms with Crippen LogP contribution in [0.5, 0.6) is 0 Å². The maximum absolute atomic E-state index is 12.0. The Morgan fingerprint density at radius 3 is 2.83 bits per heavy atom. The molecule has 0 radical (unpaired) electrons. The minimum absolute atomic E-state index is 0.309. The normalized spacial score (nSPS) is 11.9. The maximum atomic E-state index is 12.0. The minimum atomic E-state index is -3.42. The molecule has 0 fully saturated rings. The Labute approximate surface area is 118 Å². The highest BCUT2D eigenvalue weighted by Gasteiger charge is 2.18. The lowest BCUT2D eigenvalue weighted by Gasteiger charge is -2.04. The third-order valence-electron chi connectivity index (χ3n) is 2.27. The number of thiophene rings is 1. The van der Waals surface area contributed by atoms with Crippen LogP contribution < -0.4 is 4.72 Å². The predicted molar refractivity (Wildman–Crippen MR) is 74.1 cm³/mol. The molecule has 0 unspecified atom stereocenters. The van der Waals surface area contributed by atoms with Gasteiger partial charge in [-0.3, -0.25) is 4.68 Å². The van der Waals surface area contributed by atoms with Crippen LogP contribution in [0.1, 0.15) is 5.69 Å². The van der Waals surface area contributed by atoms with Crippen molar-refractivity contribution in [3.8, 4) is 0 Å². The number of halogens is 1. The molecule has 0 bridgehead atoms. The van der Waals surface area contributed by atoms with Crippen LogP contribution >= 0.6 is 27.3 Å². The molecule has 0 aliphatic rings. The van der Waals surface area contributed by atoms with E-state index in [1.165, 1.54) is 11.3 Å². The molecule has 0 aliphatic heterocycles. The van der Waals surface area contributed by atoms with E-state index in [-0.39, 0.29) is 0 Å². The molecule has 2 heterocycles. The van der Waals surface area contributed by atoms with Crippen LogP contribution in [0, 0.1) is 0 Å². The van der Waals surface area contributed by atoms with Crippen molar-refractivity contribution in [3.05, 3.63) is 33.9 Å². The molecule has 2 rings (SSSR count). The van der Waals surface area contributed by atoms with Gasteiger partial charge in [0.2, 0.25) is 0 Å². The van der Waals surface area contributed by atoms with E-state index in [0.717, 1.165) is 5.69 Å². The number of rotatable bonds is 5. The smallest absolute Gasteiger partial charge is 0.251 e. The first-order valence-electron chi connectivity index (χ1n) is 5.20. The van der Waals surface area contributed by atoms with E-state index in [1.807, 2.05) is 19.3 Å². The Bertz CT molecular complexity index is 633. The van der Waals surface area contributed by atoms with E-state index < -0.39 is 10.0 Å². The van der Waals surface area contributed by atoms with E-state index in [9.17, 15) is 8.42 Å². The Balaban J connectivity index is 1.96. The van der Waals surface area contributed by atoms with E-state index in [4.69, 9.17) is 0 Å². The van der Waals surface area contributed by atoms with Crippen molar-refractivity contribution < 1.29 is 8.42 Å². The molecule has 0 spiro atoms. The van der Waals surface area contributed by atoms with Crippen LogP contribution in [-0.4, -0.2) is 24.7 Å². The van der Waals surface area contributed by atoms with Gasteiger partial charge >= 0.3 is 0 Å². The summed E-state index contributed by atoms with van der Waals surface area (Å²) in [6, 6.07) is 3.59. The zero-order valence-corrected chi connectivity index (χ0v) is 12.8. The summed E-state index contributed by atoms with van der Waals surface area (Å²) in [6.07, 6.45) is 2.41. The summed E-state index contributed by atoms with van der Waals surface area (Å²) in [5.74, 6) is 0. The molecule has 0 saturated heterocycles. The van der Waals surface area contributed by atoms with E-state index >= 15 is 0 Å². The minimum Gasteiger partial charge on any atom is -0.276 e. The monoisotopic (exact) mass is 349 g/mol. The molecular formula is C10H12BrN3O2S2. The molecule has 0 amide bonds. The Morgan fingerprint density at radius 2 is 2.28 bits per heavy atom. The molecule has 98 valence electrons. The number of nitrogens with zero attached hydrogens (tertiary/aromatic N) is 2. The van der Waals surface area contributed by atoms with Crippen molar-refractivity contribution in [2.75, 3.05) is 6.54 Å². The van der Waals surface area contributed by atoms with Crippen LogP contribution in [0.25, 0.3) is 0 Å². The van der Waals surface area contributed by atoms with Gasteiger partial charge < -0.3 is 0 Å². The molecule has 8 heteroatoms. The molecule has 0 aliphatic carbocycles. The van der Waals surface area contributed by atoms with Gasteiger partial charge in [0, 0.05) is 30.7 Å². The summed E-state index contributed by atoms with van der Waals surface area (Å²) in [7, 11) is -1.59. The summed E-state index contributed by atoms with van der Waals surface area (Å²) in [4.78, 5) is 0. The van der Waals surface area contributed by atoms with Crippen molar-refractivity contribution in [2.45, 2.75) is 10.6 Å². The zero-order valence-electron chi connectivity index (χ0n) is 9.63. The number of nitrogens with one attached hydrogen (secondary N) is 1. The lowest BCUT2D eigenvalue weighted by Crippen LogP contribution is -2.25. The van der Waals surface area contributed by atoms with E-state index in [2.05, 4.69) is 25.8 Å². The lowest BCUT2D eigenvalue weighted by atomic mass is 10.3. The molecular weight excluding hydrogens is 338 g/mol. The predicted octanol–water partition coefficient (Wildman–Crippen LogP) is 1.77. The Morgan fingerprint density at radius 1 is 1.50 bits per heavy atom. The van der Waals surface area contributed by atoms with Crippen molar-refractivity contribution in [3.63, 3.8) is 0 Å². The first-order chi connectivity index (χ1) is 8.49. The van der Waals surface area contributed by atoms with Gasteiger partial charge in [-0.2, -0.15) is 5.10 Å². The topological polar surface area (TPSA) is 64.0 Å². The Kier molecular flexibility index (Phi) is 4.21. The number of hydrogen-bond acceptors (Lipinski definition) is 4. The highest BCUT2D eigenvalue weighted by Crippen LogP contribution is 2.27. The fourth-order valence-electron chi connectivity index (χ4n) is 1.45. The lowest BCUT2D eigenvalue weighted by molar-refractivity contribution is 0.582. The zero-order chi connectivity index (χ0) is 13.2. The van der Waals surface area contributed by atoms with Gasteiger partial charge in [-0.25, -0.2) is 13.1 Å². The third kappa shape index (κ3) is 3.19. The molecule has 0 atom stereocenters. The van der Waals surface area contributed by atoms with Crippen molar-refractivity contribution in [1.82, 2.24) is 14.5 Å². The highest BCUT2D eigenvalue weighted by molar-refractivity contribution is 9.10. The average Bonchev–Trinajstić information content (AvgIpc) is 2.87. The second-order valence-electron chi connectivity index (χ2n) is 3.68. The molecule has 1 N–H and O–H groups in total. The standard InChI is InChI=1S/C10H12BrN3O2S2/c1-14-6-3-8(13-14)2-5-12-18(15,16)10-9(11)4-7-17-10/h3-4,6-7,12H,2,5H2,1H3. The van der Waals surface area contributed by atoms with Gasteiger partial charge in [-0.1, -0.05) is 0 Å². The molecule has 2 aromatic heterocycles. The van der Waals surface area contributed by atoms with Crippen molar-refractivity contribution >= 4 is 37.3 Å². The summed E-state index contributed by atoms with van der Waals surface area (Å²) in [5, 5.41) is 5.92. The van der Waals surface area contributed by atoms with Gasteiger partial charge in [-0.05, 0) is 33.4 Å².